The Morgan fingerprint density at radius 2 is 0.769 bits per heavy atom. The summed E-state index contributed by atoms with van der Waals surface area (Å²) in [5.41, 5.74) is -1.39. The summed E-state index contributed by atoms with van der Waals surface area (Å²) in [5, 5.41) is 24.7. The molecular weight excluding hydrogens is 332 g/mol. The van der Waals surface area contributed by atoms with Gasteiger partial charge in [0.25, 0.3) is 0 Å². The Morgan fingerprint density at radius 1 is 0.577 bits per heavy atom. The molecule has 0 aliphatic rings. The molecule has 4 N–H and O–H groups in total. The molecule has 0 heterocycles. The van der Waals surface area contributed by atoms with Crippen molar-refractivity contribution in [3.8, 4) is 0 Å². The van der Waals surface area contributed by atoms with E-state index in [2.05, 4.69) is 10.6 Å². The van der Waals surface area contributed by atoms with Crippen molar-refractivity contribution in [2.45, 2.75) is 106 Å². The standard InChI is InChI=1S/2C10H21NO2/c2*1-9(2,3)7(12)8(13)11-10(4,5)6/h2*7,12H,1-6H3,(H,11,13). The van der Waals surface area contributed by atoms with Crippen LogP contribution in [0.4, 0.5) is 0 Å². The normalized spacial score (nSPS) is 15.3. The van der Waals surface area contributed by atoms with Gasteiger partial charge in [0.1, 0.15) is 12.2 Å². The summed E-state index contributed by atoms with van der Waals surface area (Å²) in [5.74, 6) is -0.611. The molecule has 6 nitrogen and oxygen atoms in total. The minimum atomic E-state index is -0.952. The lowest BCUT2D eigenvalue weighted by molar-refractivity contribution is -0.136. The van der Waals surface area contributed by atoms with Crippen LogP contribution < -0.4 is 10.6 Å². The van der Waals surface area contributed by atoms with Crippen molar-refractivity contribution in [1.29, 1.82) is 0 Å². The third-order valence-corrected chi connectivity index (χ3v) is 3.13. The number of amides is 2. The third kappa shape index (κ3) is 13.1. The second-order valence-corrected chi connectivity index (χ2v) is 11.0. The van der Waals surface area contributed by atoms with Crippen molar-refractivity contribution in [1.82, 2.24) is 10.6 Å². The lowest BCUT2D eigenvalue weighted by Crippen LogP contribution is -2.49. The molecule has 0 rings (SSSR count). The molecule has 0 saturated heterocycles. The molecule has 2 amide bonds. The monoisotopic (exact) mass is 374 g/mol. The number of carbonyl (C=O) groups excluding carboxylic acids is 2. The van der Waals surface area contributed by atoms with E-state index in [-0.39, 0.29) is 22.9 Å². The zero-order chi connectivity index (χ0) is 21.7. The lowest BCUT2D eigenvalue weighted by Gasteiger charge is -2.29. The summed E-state index contributed by atoms with van der Waals surface area (Å²) in [6.45, 7) is 22.3. The molecule has 156 valence electrons. The molecule has 2 unspecified atom stereocenters. The molecule has 0 aliphatic heterocycles. The molecule has 0 bridgehead atoms. The Balaban J connectivity index is 0. The number of rotatable bonds is 2. The van der Waals surface area contributed by atoms with E-state index in [9.17, 15) is 19.8 Å². The Hall–Kier alpha value is -1.14. The van der Waals surface area contributed by atoms with Gasteiger partial charge in [0.2, 0.25) is 11.8 Å². The molecule has 0 aromatic heterocycles. The number of hydrogen-bond acceptors (Lipinski definition) is 4. The van der Waals surface area contributed by atoms with Gasteiger partial charge in [-0.3, -0.25) is 9.59 Å². The fraction of sp³-hybridized carbons (Fsp3) is 0.900. The molecule has 26 heavy (non-hydrogen) atoms. The first kappa shape index (κ1) is 27.1. The fourth-order valence-corrected chi connectivity index (χ4v) is 1.66. The van der Waals surface area contributed by atoms with Gasteiger partial charge >= 0.3 is 0 Å². The maximum absolute atomic E-state index is 11.4. The second-order valence-electron chi connectivity index (χ2n) is 11.0. The predicted molar refractivity (Wildman–Crippen MR) is 107 cm³/mol. The van der Waals surface area contributed by atoms with E-state index in [0.717, 1.165) is 0 Å². The maximum Gasteiger partial charge on any atom is 0.249 e. The summed E-state index contributed by atoms with van der Waals surface area (Å²) in [6, 6.07) is 0. The number of aliphatic hydroxyl groups is 2. The van der Waals surface area contributed by atoms with Gasteiger partial charge in [-0.2, -0.15) is 0 Å². The number of aliphatic hydroxyl groups excluding tert-OH is 2. The number of hydrogen-bond donors (Lipinski definition) is 4. The minimum absolute atomic E-state index is 0.288. The van der Waals surface area contributed by atoms with Crippen molar-refractivity contribution >= 4 is 11.8 Å². The van der Waals surface area contributed by atoms with Crippen LogP contribution in [-0.4, -0.2) is 45.3 Å². The van der Waals surface area contributed by atoms with E-state index < -0.39 is 23.0 Å². The SMILES string of the molecule is CC(C)(C)NC(=O)C(O)C(C)(C)C.CC(C)(C)NC(=O)C(O)C(C)(C)C. The van der Waals surface area contributed by atoms with Crippen molar-refractivity contribution < 1.29 is 19.8 Å². The van der Waals surface area contributed by atoms with E-state index in [1.54, 1.807) is 0 Å². The first-order chi connectivity index (χ1) is 11.1. The summed E-state index contributed by atoms with van der Waals surface area (Å²) < 4.78 is 0. The predicted octanol–water partition coefficient (Wildman–Crippen LogP) is 2.62. The molecule has 0 aromatic carbocycles. The smallest absolute Gasteiger partial charge is 0.249 e. The molecule has 0 spiro atoms. The van der Waals surface area contributed by atoms with E-state index in [4.69, 9.17) is 0 Å². The van der Waals surface area contributed by atoms with Crippen LogP contribution in [0.25, 0.3) is 0 Å². The van der Waals surface area contributed by atoms with Crippen LogP contribution >= 0.6 is 0 Å². The van der Waals surface area contributed by atoms with Gasteiger partial charge in [0.15, 0.2) is 0 Å². The van der Waals surface area contributed by atoms with Gasteiger partial charge < -0.3 is 20.8 Å². The topological polar surface area (TPSA) is 98.7 Å². The Bertz CT molecular complexity index is 416. The van der Waals surface area contributed by atoms with Crippen LogP contribution in [0.2, 0.25) is 0 Å². The van der Waals surface area contributed by atoms with Gasteiger partial charge in [0.05, 0.1) is 0 Å². The van der Waals surface area contributed by atoms with Gasteiger partial charge in [0, 0.05) is 11.1 Å². The largest absolute Gasteiger partial charge is 0.383 e. The van der Waals surface area contributed by atoms with Crippen molar-refractivity contribution in [2.24, 2.45) is 10.8 Å². The Kier molecular flexibility index (Phi) is 9.56. The zero-order valence-corrected chi connectivity index (χ0v) is 18.9. The van der Waals surface area contributed by atoms with Gasteiger partial charge in [-0.05, 0) is 52.4 Å². The molecule has 0 aromatic rings. The van der Waals surface area contributed by atoms with Gasteiger partial charge in [-0.15, -0.1) is 0 Å². The molecule has 0 fully saturated rings. The van der Waals surface area contributed by atoms with Crippen LogP contribution in [0, 0.1) is 10.8 Å². The third-order valence-electron chi connectivity index (χ3n) is 3.13. The van der Waals surface area contributed by atoms with Crippen LogP contribution in [0.15, 0.2) is 0 Å². The fourth-order valence-electron chi connectivity index (χ4n) is 1.66. The van der Waals surface area contributed by atoms with Gasteiger partial charge in [-0.1, -0.05) is 41.5 Å². The average molecular weight is 375 g/mol. The molecule has 0 saturated carbocycles. The quantitative estimate of drug-likeness (QED) is 0.597. The summed E-state index contributed by atoms with van der Waals surface area (Å²) in [6.07, 6.45) is -1.90. The molecule has 2 atom stereocenters. The van der Waals surface area contributed by atoms with Crippen LogP contribution in [0.1, 0.15) is 83.1 Å². The first-order valence-electron chi connectivity index (χ1n) is 9.08. The molecule has 0 radical (unpaired) electrons. The van der Waals surface area contributed by atoms with Crippen molar-refractivity contribution in [3.05, 3.63) is 0 Å². The maximum atomic E-state index is 11.4. The Morgan fingerprint density at radius 3 is 0.885 bits per heavy atom. The molecule has 0 aliphatic carbocycles. The van der Waals surface area contributed by atoms with Crippen molar-refractivity contribution in [2.75, 3.05) is 0 Å². The van der Waals surface area contributed by atoms with E-state index in [1.165, 1.54) is 0 Å². The lowest BCUT2D eigenvalue weighted by atomic mass is 9.88. The summed E-state index contributed by atoms with van der Waals surface area (Å²) in [7, 11) is 0. The molecular formula is C20H42N2O4. The highest BCUT2D eigenvalue weighted by molar-refractivity contribution is 5.82. The average Bonchev–Trinajstić information content (AvgIpc) is 2.31. The summed E-state index contributed by atoms with van der Waals surface area (Å²) >= 11 is 0. The van der Waals surface area contributed by atoms with Crippen LogP contribution in [0.3, 0.4) is 0 Å². The van der Waals surface area contributed by atoms with Crippen LogP contribution in [-0.2, 0) is 9.59 Å². The number of nitrogens with one attached hydrogen (secondary N) is 2. The highest BCUT2D eigenvalue weighted by atomic mass is 16.3. The van der Waals surface area contributed by atoms with Crippen molar-refractivity contribution in [3.63, 3.8) is 0 Å². The first-order valence-corrected chi connectivity index (χ1v) is 9.08. The van der Waals surface area contributed by atoms with Gasteiger partial charge in [-0.25, -0.2) is 0 Å². The Labute approximate surface area is 160 Å². The van der Waals surface area contributed by atoms with E-state index >= 15 is 0 Å². The zero-order valence-electron chi connectivity index (χ0n) is 18.9. The second kappa shape index (κ2) is 9.18. The van der Waals surface area contributed by atoms with Crippen LogP contribution in [0.5, 0.6) is 0 Å². The van der Waals surface area contributed by atoms with E-state index in [1.807, 2.05) is 83.1 Å². The molecule has 6 heteroatoms. The number of carbonyl (C=O) groups is 2. The minimum Gasteiger partial charge on any atom is -0.383 e. The van der Waals surface area contributed by atoms with E-state index in [0.29, 0.717) is 0 Å². The highest BCUT2D eigenvalue weighted by Crippen LogP contribution is 2.20. The summed E-state index contributed by atoms with van der Waals surface area (Å²) in [4.78, 5) is 22.9. The highest BCUT2D eigenvalue weighted by Gasteiger charge is 2.31.